The van der Waals surface area contributed by atoms with Crippen molar-refractivity contribution in [3.8, 4) is 11.5 Å². The maximum absolute atomic E-state index is 12.9. The summed E-state index contributed by atoms with van der Waals surface area (Å²) in [6.45, 7) is 2.97. The first kappa shape index (κ1) is 24.5. The van der Waals surface area contributed by atoms with E-state index >= 15 is 0 Å². The lowest BCUT2D eigenvalue weighted by Gasteiger charge is -2.32. The highest BCUT2D eigenvalue weighted by atomic mass is 35.5. The lowest BCUT2D eigenvalue weighted by molar-refractivity contribution is 0.0909. The Hall–Kier alpha value is -3.10. The summed E-state index contributed by atoms with van der Waals surface area (Å²) >= 11 is 0. The fourth-order valence-corrected chi connectivity index (χ4v) is 4.06. The molecule has 1 N–H and O–H groups in total. The van der Waals surface area contributed by atoms with Crippen LogP contribution in [-0.4, -0.2) is 60.5 Å². The molecule has 8 nitrogen and oxygen atoms in total. The fraction of sp³-hybridized carbons (Fsp3) is 0.375. The van der Waals surface area contributed by atoms with Crippen LogP contribution in [0.1, 0.15) is 23.2 Å². The summed E-state index contributed by atoms with van der Waals surface area (Å²) in [4.78, 5) is 27.6. The van der Waals surface area contributed by atoms with Crippen molar-refractivity contribution in [2.75, 3.05) is 33.9 Å². The number of ether oxygens (including phenoxy) is 2. The number of likely N-dealkylation sites (tertiary alicyclic amines) is 1. The van der Waals surface area contributed by atoms with Gasteiger partial charge in [0.15, 0.2) is 11.5 Å². The number of halogens is 1. The molecular weight excluding hydrogens is 444 g/mol. The lowest BCUT2D eigenvalue weighted by atomic mass is 10.0. The molecule has 0 bridgehead atoms. The van der Waals surface area contributed by atoms with Crippen LogP contribution in [-0.2, 0) is 6.54 Å². The molecule has 1 aliphatic rings. The van der Waals surface area contributed by atoms with Gasteiger partial charge in [-0.2, -0.15) is 5.10 Å². The molecule has 1 aromatic heterocycles. The minimum Gasteiger partial charge on any atom is -0.493 e. The maximum atomic E-state index is 12.9. The van der Waals surface area contributed by atoms with E-state index in [2.05, 4.69) is 15.3 Å². The Balaban J connectivity index is 0.00000306. The van der Waals surface area contributed by atoms with Crippen molar-refractivity contribution >= 4 is 29.1 Å². The molecule has 0 unspecified atom stereocenters. The standard InChI is InChI=1S/C24H28N4O4.ClH/c1-31-21-14-18-16-25-28(24(30)20(18)15-22(21)32-2)13-12-27-10-8-19(9-11-27)26-23(29)17-6-4-3-5-7-17;/h3-7,14-16,19H,8-13H2,1-2H3,(H,26,29);1H. The maximum Gasteiger partial charge on any atom is 0.274 e. The third kappa shape index (κ3) is 5.64. The molecule has 0 aliphatic carbocycles. The van der Waals surface area contributed by atoms with Gasteiger partial charge in [-0.3, -0.25) is 9.59 Å². The van der Waals surface area contributed by atoms with E-state index in [1.54, 1.807) is 32.5 Å². The van der Waals surface area contributed by atoms with E-state index in [1.165, 1.54) is 4.68 Å². The van der Waals surface area contributed by atoms with Crippen LogP contribution in [0.5, 0.6) is 11.5 Å². The summed E-state index contributed by atoms with van der Waals surface area (Å²) in [5.74, 6) is 1.07. The molecule has 33 heavy (non-hydrogen) atoms. The zero-order chi connectivity index (χ0) is 22.5. The second-order valence-corrected chi connectivity index (χ2v) is 7.92. The summed E-state index contributed by atoms with van der Waals surface area (Å²) < 4.78 is 12.1. The predicted octanol–water partition coefficient (Wildman–Crippen LogP) is 2.73. The Labute approximate surface area is 198 Å². The zero-order valence-corrected chi connectivity index (χ0v) is 19.6. The van der Waals surface area contributed by atoms with Crippen LogP contribution in [0.25, 0.3) is 10.8 Å². The molecule has 3 aromatic rings. The van der Waals surface area contributed by atoms with Gasteiger partial charge in [-0.25, -0.2) is 4.68 Å². The Morgan fingerprint density at radius 3 is 2.39 bits per heavy atom. The number of rotatable bonds is 7. The van der Waals surface area contributed by atoms with Gasteiger partial charge in [-0.1, -0.05) is 18.2 Å². The van der Waals surface area contributed by atoms with Gasteiger partial charge in [0.1, 0.15) is 0 Å². The molecule has 0 spiro atoms. The number of nitrogens with zero attached hydrogens (tertiary/aromatic N) is 3. The molecule has 1 fully saturated rings. The second kappa shape index (κ2) is 11.2. The molecule has 0 atom stereocenters. The number of amides is 1. The van der Waals surface area contributed by atoms with Gasteiger partial charge in [0.05, 0.1) is 32.3 Å². The first-order valence-electron chi connectivity index (χ1n) is 10.8. The van der Waals surface area contributed by atoms with Crippen molar-refractivity contribution in [2.24, 2.45) is 0 Å². The minimum atomic E-state index is -0.145. The summed E-state index contributed by atoms with van der Waals surface area (Å²) in [5, 5.41) is 8.73. The molecule has 9 heteroatoms. The van der Waals surface area contributed by atoms with Gasteiger partial charge in [0.2, 0.25) is 0 Å². The van der Waals surface area contributed by atoms with E-state index in [0.717, 1.165) is 37.9 Å². The molecule has 4 rings (SSSR count). The van der Waals surface area contributed by atoms with Crippen molar-refractivity contribution in [3.63, 3.8) is 0 Å². The number of piperidine rings is 1. The molecule has 2 aromatic carbocycles. The number of fused-ring (bicyclic) bond motifs is 1. The van der Waals surface area contributed by atoms with Crippen molar-refractivity contribution in [3.05, 3.63) is 64.6 Å². The molecule has 1 aliphatic heterocycles. The summed E-state index contributed by atoms with van der Waals surface area (Å²) in [5.41, 5.74) is 0.541. The van der Waals surface area contributed by atoms with Gasteiger partial charge in [-0.05, 0) is 37.1 Å². The normalized spacial score (nSPS) is 14.5. The van der Waals surface area contributed by atoms with E-state index in [9.17, 15) is 9.59 Å². The highest BCUT2D eigenvalue weighted by Crippen LogP contribution is 2.30. The van der Waals surface area contributed by atoms with Crippen LogP contribution in [0.4, 0.5) is 0 Å². The van der Waals surface area contributed by atoms with Crippen LogP contribution in [0.3, 0.4) is 0 Å². The SMILES string of the molecule is COc1cc2cnn(CCN3CCC(NC(=O)c4ccccc4)CC3)c(=O)c2cc1OC.Cl. The largest absolute Gasteiger partial charge is 0.493 e. The third-order valence-corrected chi connectivity index (χ3v) is 5.94. The zero-order valence-electron chi connectivity index (χ0n) is 18.8. The lowest BCUT2D eigenvalue weighted by Crippen LogP contribution is -2.45. The van der Waals surface area contributed by atoms with Crippen molar-refractivity contribution in [1.82, 2.24) is 20.0 Å². The van der Waals surface area contributed by atoms with Crippen molar-refractivity contribution in [2.45, 2.75) is 25.4 Å². The topological polar surface area (TPSA) is 85.7 Å². The van der Waals surface area contributed by atoms with Gasteiger partial charge >= 0.3 is 0 Å². The molecule has 0 radical (unpaired) electrons. The van der Waals surface area contributed by atoms with Gasteiger partial charge in [0.25, 0.3) is 11.5 Å². The van der Waals surface area contributed by atoms with E-state index in [4.69, 9.17) is 9.47 Å². The predicted molar refractivity (Wildman–Crippen MR) is 130 cm³/mol. The number of carbonyl (C=O) groups excluding carboxylic acids is 1. The second-order valence-electron chi connectivity index (χ2n) is 7.92. The Kier molecular flexibility index (Phi) is 8.30. The Morgan fingerprint density at radius 1 is 1.06 bits per heavy atom. The number of nitrogens with one attached hydrogen (secondary N) is 1. The summed E-state index contributed by atoms with van der Waals surface area (Å²) in [6.07, 6.45) is 3.45. The molecule has 1 amide bonds. The highest BCUT2D eigenvalue weighted by molar-refractivity contribution is 5.94. The number of hydrogen-bond acceptors (Lipinski definition) is 6. The van der Waals surface area contributed by atoms with E-state index in [1.807, 2.05) is 30.3 Å². The summed E-state index contributed by atoms with van der Waals surface area (Å²) in [6, 6.07) is 12.9. The average Bonchev–Trinajstić information content (AvgIpc) is 2.84. The Bertz CT molecular complexity index is 1140. The van der Waals surface area contributed by atoms with E-state index in [0.29, 0.717) is 29.0 Å². The number of hydrogen-bond donors (Lipinski definition) is 1. The number of aromatic nitrogens is 2. The molecule has 1 saturated heterocycles. The Morgan fingerprint density at radius 2 is 1.73 bits per heavy atom. The van der Waals surface area contributed by atoms with Gasteiger partial charge in [-0.15, -0.1) is 12.4 Å². The highest BCUT2D eigenvalue weighted by Gasteiger charge is 2.21. The van der Waals surface area contributed by atoms with Crippen molar-refractivity contribution in [1.29, 1.82) is 0 Å². The van der Waals surface area contributed by atoms with Gasteiger partial charge < -0.3 is 19.7 Å². The number of carbonyl (C=O) groups is 1. The molecular formula is C24H29ClN4O4. The minimum absolute atomic E-state index is 0. The quantitative estimate of drug-likeness (QED) is 0.569. The summed E-state index contributed by atoms with van der Waals surface area (Å²) in [7, 11) is 3.11. The number of benzene rings is 2. The number of methoxy groups -OCH3 is 2. The fourth-order valence-electron chi connectivity index (χ4n) is 4.06. The van der Waals surface area contributed by atoms with E-state index < -0.39 is 0 Å². The van der Waals surface area contributed by atoms with Crippen LogP contribution in [0.2, 0.25) is 0 Å². The molecule has 176 valence electrons. The van der Waals surface area contributed by atoms with Crippen molar-refractivity contribution < 1.29 is 14.3 Å². The van der Waals surface area contributed by atoms with Crippen LogP contribution in [0.15, 0.2) is 53.5 Å². The smallest absolute Gasteiger partial charge is 0.274 e. The molecule has 2 heterocycles. The first-order chi connectivity index (χ1) is 15.6. The third-order valence-electron chi connectivity index (χ3n) is 5.94. The monoisotopic (exact) mass is 472 g/mol. The van der Waals surface area contributed by atoms with Crippen LogP contribution in [0, 0.1) is 0 Å². The van der Waals surface area contributed by atoms with Crippen LogP contribution >= 0.6 is 12.4 Å². The van der Waals surface area contributed by atoms with E-state index in [-0.39, 0.29) is 29.9 Å². The molecule has 0 saturated carbocycles. The average molecular weight is 473 g/mol. The first-order valence-corrected chi connectivity index (χ1v) is 10.8. The van der Waals surface area contributed by atoms with Crippen LogP contribution < -0.4 is 20.3 Å². The van der Waals surface area contributed by atoms with Gasteiger partial charge in [0, 0.05) is 36.6 Å².